The molecule has 4 aromatic carbocycles. The van der Waals surface area contributed by atoms with Crippen molar-refractivity contribution in [3.8, 4) is 5.75 Å². The van der Waals surface area contributed by atoms with Gasteiger partial charge in [-0.3, -0.25) is 0 Å². The van der Waals surface area contributed by atoms with E-state index in [9.17, 15) is 23.4 Å². The number of hydrogen-bond donors (Lipinski definition) is 3. The van der Waals surface area contributed by atoms with Gasteiger partial charge in [0.2, 0.25) is 10.0 Å². The quantitative estimate of drug-likeness (QED) is 0.0872. The number of fused-ring (bicyclic) bond motifs is 3. The van der Waals surface area contributed by atoms with Gasteiger partial charge in [-0.2, -0.15) is 0 Å². The van der Waals surface area contributed by atoms with Gasteiger partial charge >= 0.3 is 5.97 Å². The zero-order chi connectivity index (χ0) is 42.9. The van der Waals surface area contributed by atoms with Crippen LogP contribution in [0.3, 0.4) is 0 Å². The number of aryl methyl sites for hydroxylation is 1. The largest absolute Gasteiger partial charge is 0.490 e. The number of ether oxygens (including phenoxy) is 1. The number of carboxylic acid groups (broad SMARTS) is 1. The smallest absolute Gasteiger partial charge is 0.335 e. The van der Waals surface area contributed by atoms with Crippen LogP contribution in [-0.4, -0.2) is 71.1 Å². The number of carbonyl (C=O) groups is 1. The molecule has 6 atom stereocenters. The molecule has 4 aromatic rings. The molecule has 2 aliphatic carbocycles. The number of aliphatic hydroxyl groups is 1. The second kappa shape index (κ2) is 17.8. The summed E-state index contributed by atoms with van der Waals surface area (Å²) in [5.41, 5.74) is 3.07. The van der Waals surface area contributed by atoms with Crippen LogP contribution in [0.1, 0.15) is 74.9 Å². The van der Waals surface area contributed by atoms with Crippen LogP contribution in [0.2, 0.25) is 10.1 Å². The predicted octanol–water partition coefficient (Wildman–Crippen LogP) is 7.57. The maximum absolute atomic E-state index is 12.5. The first-order valence-corrected chi connectivity index (χ1v) is 25.2. The standard InChI is InChI=1S/C48H59ClN2O7SSi/c1-33(30-59(50,55)56)37(29-58-60(47(2,3)4,39-13-7-5-8-14-39)40-15-9-6-10-16-40)18-23-44(52)41-21-17-36(41)28-51-31-48(25-11-12-34-26-38(49)20-22-42(34)48)32-57-45-24-19-35(46(53)54)27-43(45)51/h5-10,13-16,18-20,22-24,26-27,33,36-37,41,44,52H,11-12,17,21,25,28-32H2,1-4H3,(H,53,54)(H2,50,55,56)/b23-18+/t33-,36-,37-,41+,44-,48-/m0/s1. The number of aromatic carboxylic acids is 1. The fraction of sp³-hybridized carbons (Fsp3) is 0.438. The van der Waals surface area contributed by atoms with Crippen molar-refractivity contribution in [3.05, 3.63) is 131 Å². The van der Waals surface area contributed by atoms with Crippen LogP contribution in [0.5, 0.6) is 5.75 Å². The number of rotatable bonds is 14. The molecule has 3 aliphatic rings. The molecule has 0 amide bonds. The lowest BCUT2D eigenvalue weighted by atomic mass is 9.68. The van der Waals surface area contributed by atoms with E-state index in [1.54, 1.807) is 18.2 Å². The normalized spacial score (nSPS) is 22.2. The second-order valence-electron chi connectivity index (χ2n) is 18.4. The Morgan fingerprint density at radius 2 is 1.70 bits per heavy atom. The van der Waals surface area contributed by atoms with Gasteiger partial charge in [-0.05, 0) is 107 Å². The fourth-order valence-electron chi connectivity index (χ4n) is 10.1. The number of benzene rings is 4. The average molecular weight is 872 g/mol. The lowest BCUT2D eigenvalue weighted by Crippen LogP contribution is -2.67. The molecule has 320 valence electrons. The van der Waals surface area contributed by atoms with E-state index in [1.165, 1.54) is 11.1 Å². The Morgan fingerprint density at radius 3 is 2.30 bits per heavy atom. The van der Waals surface area contributed by atoms with Gasteiger partial charge in [0, 0.05) is 36.1 Å². The number of hydrogen-bond acceptors (Lipinski definition) is 7. The second-order valence-corrected chi connectivity index (χ2v) is 24.8. The number of primary sulfonamides is 1. The van der Waals surface area contributed by atoms with Gasteiger partial charge in [0.05, 0.1) is 29.7 Å². The zero-order valence-electron chi connectivity index (χ0n) is 35.1. The average Bonchev–Trinajstić information content (AvgIpc) is 3.34. The molecule has 4 N–H and O–H groups in total. The van der Waals surface area contributed by atoms with Crippen LogP contribution >= 0.6 is 11.6 Å². The molecule has 1 saturated carbocycles. The van der Waals surface area contributed by atoms with E-state index in [4.69, 9.17) is 25.9 Å². The summed E-state index contributed by atoms with van der Waals surface area (Å²) < 4.78 is 38.8. The number of anilines is 1. The van der Waals surface area contributed by atoms with Crippen LogP contribution in [0.4, 0.5) is 5.69 Å². The van der Waals surface area contributed by atoms with E-state index in [2.05, 4.69) is 62.1 Å². The summed E-state index contributed by atoms with van der Waals surface area (Å²) in [6, 6.07) is 31.9. The number of aliphatic hydroxyl groups excluding tert-OH is 1. The van der Waals surface area contributed by atoms with E-state index >= 15 is 0 Å². The molecule has 0 bridgehead atoms. The van der Waals surface area contributed by atoms with E-state index in [0.717, 1.165) is 48.2 Å². The minimum absolute atomic E-state index is 0.0586. The molecule has 9 nitrogen and oxygen atoms in total. The SMILES string of the molecule is C[C@@H](CS(N)(=O)=O)[C@@H](/C=C/[C@H](O)[C@@H]1CC[C@H]1CN1C[C@@]2(CCCc3cc(Cl)ccc32)COc2ccc(C(=O)O)cc21)CO[Si](c1ccccc1)(c1ccccc1)C(C)(C)C. The highest BCUT2D eigenvalue weighted by Crippen LogP contribution is 2.47. The number of carboxylic acids is 1. The Hall–Kier alpha value is -3.97. The van der Waals surface area contributed by atoms with Crippen molar-refractivity contribution in [1.29, 1.82) is 0 Å². The lowest BCUT2D eigenvalue weighted by molar-refractivity contribution is 0.0452. The van der Waals surface area contributed by atoms with Crippen LogP contribution < -0.4 is 25.1 Å². The van der Waals surface area contributed by atoms with Crippen LogP contribution in [-0.2, 0) is 26.3 Å². The molecule has 0 radical (unpaired) electrons. The molecule has 7 rings (SSSR count). The van der Waals surface area contributed by atoms with Crippen molar-refractivity contribution in [1.82, 2.24) is 0 Å². The highest BCUT2D eigenvalue weighted by Gasteiger charge is 2.51. The first kappa shape index (κ1) is 44.1. The molecule has 0 aromatic heterocycles. The van der Waals surface area contributed by atoms with Gasteiger partial charge < -0.3 is 24.3 Å². The van der Waals surface area contributed by atoms with Crippen molar-refractivity contribution >= 4 is 52.0 Å². The van der Waals surface area contributed by atoms with Gasteiger partial charge in [0.15, 0.2) is 0 Å². The van der Waals surface area contributed by atoms with Crippen molar-refractivity contribution in [2.24, 2.45) is 28.8 Å². The number of sulfonamides is 1. The lowest BCUT2D eigenvalue weighted by Gasteiger charge is -2.45. The number of halogens is 1. The Bertz CT molecular complexity index is 2250. The first-order valence-electron chi connectivity index (χ1n) is 21.2. The van der Waals surface area contributed by atoms with Crippen molar-refractivity contribution < 1.29 is 32.6 Å². The molecular weight excluding hydrogens is 812 g/mol. The van der Waals surface area contributed by atoms with E-state index in [0.29, 0.717) is 30.5 Å². The highest BCUT2D eigenvalue weighted by molar-refractivity contribution is 7.89. The van der Waals surface area contributed by atoms with Crippen molar-refractivity contribution in [2.45, 2.75) is 76.4 Å². The van der Waals surface area contributed by atoms with Crippen molar-refractivity contribution in [2.75, 3.05) is 37.0 Å². The number of nitrogens with zero attached hydrogens (tertiary/aromatic N) is 1. The molecule has 0 unspecified atom stereocenters. The predicted molar refractivity (Wildman–Crippen MR) is 243 cm³/mol. The van der Waals surface area contributed by atoms with Gasteiger partial charge in [-0.25, -0.2) is 18.4 Å². The third-order valence-electron chi connectivity index (χ3n) is 13.3. The molecule has 60 heavy (non-hydrogen) atoms. The number of nitrogens with two attached hydrogens (primary N) is 1. The molecule has 0 saturated heterocycles. The van der Waals surface area contributed by atoms with Gasteiger partial charge in [0.25, 0.3) is 8.32 Å². The van der Waals surface area contributed by atoms with Crippen LogP contribution in [0, 0.1) is 23.7 Å². The van der Waals surface area contributed by atoms with Gasteiger partial charge in [-0.1, -0.05) is 118 Å². The summed E-state index contributed by atoms with van der Waals surface area (Å²) in [5, 5.41) is 30.2. The van der Waals surface area contributed by atoms with Crippen molar-refractivity contribution in [3.63, 3.8) is 0 Å². The van der Waals surface area contributed by atoms with E-state index in [1.807, 2.05) is 61.5 Å². The van der Waals surface area contributed by atoms with Gasteiger partial charge in [-0.15, -0.1) is 0 Å². The monoisotopic (exact) mass is 870 g/mol. The van der Waals surface area contributed by atoms with E-state index in [-0.39, 0.29) is 52.0 Å². The fourth-order valence-corrected chi connectivity index (χ4v) is 15.9. The molecule has 1 aliphatic heterocycles. The first-order chi connectivity index (χ1) is 28.5. The zero-order valence-corrected chi connectivity index (χ0v) is 37.7. The molecular formula is C48H59ClN2O7SSi. The minimum Gasteiger partial charge on any atom is -0.490 e. The maximum atomic E-state index is 12.5. The summed E-state index contributed by atoms with van der Waals surface area (Å²) >= 11 is 6.46. The Labute approximate surface area is 361 Å². The topological polar surface area (TPSA) is 139 Å². The van der Waals surface area contributed by atoms with E-state index < -0.39 is 30.4 Å². The third kappa shape index (κ3) is 9.27. The summed E-state index contributed by atoms with van der Waals surface area (Å²) in [6.45, 7) is 10.5. The summed E-state index contributed by atoms with van der Waals surface area (Å²) in [7, 11) is -6.75. The Kier molecular flexibility index (Phi) is 13.1. The molecule has 12 heteroatoms. The van der Waals surface area contributed by atoms with Crippen LogP contribution in [0.15, 0.2) is 109 Å². The Balaban J connectivity index is 1.16. The highest BCUT2D eigenvalue weighted by atomic mass is 35.5. The molecule has 1 fully saturated rings. The summed E-state index contributed by atoms with van der Waals surface area (Å²) in [5.74, 6) is -1.26. The third-order valence-corrected chi connectivity index (χ3v) is 19.6. The maximum Gasteiger partial charge on any atom is 0.335 e. The summed E-state index contributed by atoms with van der Waals surface area (Å²) in [6.07, 6.45) is 7.57. The van der Waals surface area contributed by atoms with Crippen LogP contribution in [0.25, 0.3) is 0 Å². The molecule has 1 spiro atoms. The Morgan fingerprint density at radius 1 is 1.02 bits per heavy atom. The minimum atomic E-state index is -3.80. The summed E-state index contributed by atoms with van der Waals surface area (Å²) in [4.78, 5) is 14.5. The molecule has 1 heterocycles. The van der Waals surface area contributed by atoms with Gasteiger partial charge in [0.1, 0.15) is 5.75 Å².